The third-order valence-corrected chi connectivity index (χ3v) is 8.53. The zero-order valence-electron chi connectivity index (χ0n) is 23.3. The Morgan fingerprint density at radius 2 is 2.00 bits per heavy atom. The molecule has 2 aliphatic heterocycles. The van der Waals surface area contributed by atoms with Crippen LogP contribution in [-0.4, -0.2) is 52.7 Å². The van der Waals surface area contributed by atoms with Gasteiger partial charge >= 0.3 is 0 Å². The number of benzene rings is 1. The van der Waals surface area contributed by atoms with Crippen molar-refractivity contribution in [3.63, 3.8) is 0 Å². The number of aromatic nitrogens is 7. The van der Waals surface area contributed by atoms with E-state index in [2.05, 4.69) is 41.8 Å². The van der Waals surface area contributed by atoms with Crippen LogP contribution >= 0.6 is 11.6 Å². The molecule has 3 aliphatic rings. The SMILES string of the molecule is Cn1c(CN2CC=C(c3cccc4c3OC(C)(c3ccc(Cl)cn3)O4)CC2)nc2cc(-c3n[nH]c(C4CC4)n3)cnc21. The molecule has 5 aromatic rings. The van der Waals surface area contributed by atoms with Gasteiger partial charge in [0.2, 0.25) is 0 Å². The van der Waals surface area contributed by atoms with E-state index in [4.69, 9.17) is 31.0 Å². The molecule has 0 radical (unpaired) electrons. The van der Waals surface area contributed by atoms with E-state index in [1.54, 1.807) is 12.3 Å². The van der Waals surface area contributed by atoms with E-state index in [1.165, 1.54) is 18.4 Å². The minimum Gasteiger partial charge on any atom is -0.443 e. The highest BCUT2D eigenvalue weighted by Crippen LogP contribution is 2.48. The average Bonchev–Trinajstić information content (AvgIpc) is 3.49. The second-order valence-corrected chi connectivity index (χ2v) is 11.8. The van der Waals surface area contributed by atoms with Crippen molar-refractivity contribution in [3.05, 3.63) is 82.8 Å². The Bertz CT molecular complexity index is 1860. The molecule has 1 N–H and O–H groups in total. The lowest BCUT2D eigenvalue weighted by Gasteiger charge is -2.26. The number of aromatic amines is 1. The highest BCUT2D eigenvalue weighted by atomic mass is 35.5. The molecule has 1 unspecified atom stereocenters. The van der Waals surface area contributed by atoms with Crippen LogP contribution in [0.3, 0.4) is 0 Å². The summed E-state index contributed by atoms with van der Waals surface area (Å²) in [5, 5.41) is 8.06. The van der Waals surface area contributed by atoms with Gasteiger partial charge in [-0.2, -0.15) is 5.10 Å². The lowest BCUT2D eigenvalue weighted by atomic mass is 9.98. The van der Waals surface area contributed by atoms with Crippen molar-refractivity contribution < 1.29 is 9.47 Å². The zero-order valence-corrected chi connectivity index (χ0v) is 24.1. The molecule has 1 atom stereocenters. The molecule has 4 aromatic heterocycles. The standard InChI is InChI=1S/C31H29ClN8O2/c1-31(25-9-8-21(32)16-33-25)41-24-5-3-4-22(27(24)42-31)18-10-12-40(13-11-18)17-26-35-23-14-20(15-34-30(23)39(26)2)29-36-28(37-38-29)19-6-7-19/h3-5,8-10,14-16,19H,6-7,11-13,17H2,1-2H3,(H,36,37,38). The van der Waals surface area contributed by atoms with Gasteiger partial charge in [-0.05, 0) is 49.1 Å². The van der Waals surface area contributed by atoms with Crippen molar-refractivity contribution in [2.45, 2.75) is 44.4 Å². The number of hydrogen-bond acceptors (Lipinski definition) is 8. The van der Waals surface area contributed by atoms with Crippen LogP contribution in [0.15, 0.2) is 54.9 Å². The minimum atomic E-state index is -1.01. The Morgan fingerprint density at radius 1 is 1.10 bits per heavy atom. The number of hydrogen-bond donors (Lipinski definition) is 1. The summed E-state index contributed by atoms with van der Waals surface area (Å²) in [7, 11) is 2.03. The van der Waals surface area contributed by atoms with E-state index in [-0.39, 0.29) is 0 Å². The summed E-state index contributed by atoms with van der Waals surface area (Å²) in [6.45, 7) is 4.31. The number of nitrogens with zero attached hydrogens (tertiary/aromatic N) is 7. The largest absolute Gasteiger partial charge is 0.443 e. The maximum Gasteiger partial charge on any atom is 0.292 e. The first-order valence-electron chi connectivity index (χ1n) is 14.2. The number of pyridine rings is 2. The number of imidazole rings is 1. The molecule has 1 saturated carbocycles. The normalized spacial score (nSPS) is 20.3. The van der Waals surface area contributed by atoms with Gasteiger partial charge in [0, 0.05) is 56.5 Å². The molecule has 6 heterocycles. The fourth-order valence-electron chi connectivity index (χ4n) is 5.76. The third-order valence-electron chi connectivity index (χ3n) is 8.30. The minimum absolute atomic E-state index is 0.527. The van der Waals surface area contributed by atoms with Gasteiger partial charge < -0.3 is 14.0 Å². The lowest BCUT2D eigenvalue weighted by Crippen LogP contribution is -2.32. The Kier molecular flexibility index (Phi) is 5.84. The van der Waals surface area contributed by atoms with Gasteiger partial charge in [0.05, 0.1) is 11.6 Å². The predicted molar refractivity (Wildman–Crippen MR) is 158 cm³/mol. The molecule has 0 spiro atoms. The molecule has 1 aliphatic carbocycles. The third kappa shape index (κ3) is 4.42. The number of halogens is 1. The molecular weight excluding hydrogens is 552 g/mol. The maximum atomic E-state index is 6.42. The zero-order chi connectivity index (χ0) is 28.4. The molecule has 10 nitrogen and oxygen atoms in total. The van der Waals surface area contributed by atoms with Gasteiger partial charge in [-0.15, -0.1) is 0 Å². The van der Waals surface area contributed by atoms with E-state index < -0.39 is 5.79 Å². The van der Waals surface area contributed by atoms with Crippen LogP contribution in [0, 0.1) is 0 Å². The van der Waals surface area contributed by atoms with Gasteiger partial charge in [0.25, 0.3) is 5.79 Å². The van der Waals surface area contributed by atoms with Crippen molar-refractivity contribution in [2.75, 3.05) is 13.1 Å². The number of fused-ring (bicyclic) bond motifs is 2. The molecule has 11 heteroatoms. The quantitative estimate of drug-likeness (QED) is 0.276. The Hall–Kier alpha value is -4.28. The Balaban J connectivity index is 0.989. The van der Waals surface area contributed by atoms with Crippen LogP contribution in [0.4, 0.5) is 0 Å². The lowest BCUT2D eigenvalue weighted by molar-refractivity contribution is -0.0718. The van der Waals surface area contributed by atoms with Crippen LogP contribution in [-0.2, 0) is 19.4 Å². The Labute approximate surface area is 247 Å². The van der Waals surface area contributed by atoms with Crippen molar-refractivity contribution >= 4 is 28.3 Å². The monoisotopic (exact) mass is 580 g/mol. The van der Waals surface area contributed by atoms with E-state index in [1.807, 2.05) is 44.4 Å². The summed E-state index contributed by atoms with van der Waals surface area (Å²) in [4.78, 5) is 21.1. The predicted octanol–water partition coefficient (Wildman–Crippen LogP) is 5.61. The summed E-state index contributed by atoms with van der Waals surface area (Å²) in [5.74, 6) is 3.61. The summed E-state index contributed by atoms with van der Waals surface area (Å²) in [5.41, 5.74) is 5.56. The van der Waals surface area contributed by atoms with Gasteiger partial charge in [0.15, 0.2) is 23.0 Å². The second-order valence-electron chi connectivity index (χ2n) is 11.3. The van der Waals surface area contributed by atoms with Crippen molar-refractivity contribution in [1.29, 1.82) is 0 Å². The number of H-pyrrole nitrogens is 1. The molecule has 0 amide bonds. The van der Waals surface area contributed by atoms with E-state index >= 15 is 0 Å². The number of rotatable bonds is 6. The van der Waals surface area contributed by atoms with Gasteiger partial charge in [-0.3, -0.25) is 15.0 Å². The van der Waals surface area contributed by atoms with Crippen molar-refractivity contribution in [3.8, 4) is 22.9 Å². The number of ether oxygens (including phenoxy) is 2. The first kappa shape index (κ1) is 25.4. The molecule has 212 valence electrons. The highest BCUT2D eigenvalue weighted by molar-refractivity contribution is 6.30. The van der Waals surface area contributed by atoms with Crippen LogP contribution in [0.2, 0.25) is 5.02 Å². The number of aryl methyl sites for hydroxylation is 1. The fourth-order valence-corrected chi connectivity index (χ4v) is 5.87. The number of nitrogens with one attached hydrogen (secondary N) is 1. The maximum absolute atomic E-state index is 6.42. The Morgan fingerprint density at radius 3 is 2.79 bits per heavy atom. The second kappa shape index (κ2) is 9.64. The summed E-state index contributed by atoms with van der Waals surface area (Å²) < 4.78 is 14.7. The smallest absolute Gasteiger partial charge is 0.292 e. The fraction of sp³-hybridized carbons (Fsp3) is 0.323. The first-order valence-corrected chi connectivity index (χ1v) is 14.6. The van der Waals surface area contributed by atoms with Gasteiger partial charge in [-0.25, -0.2) is 15.0 Å². The highest BCUT2D eigenvalue weighted by Gasteiger charge is 2.41. The molecule has 0 bridgehead atoms. The molecule has 1 fully saturated rings. The van der Waals surface area contributed by atoms with Gasteiger partial charge in [0.1, 0.15) is 22.9 Å². The van der Waals surface area contributed by atoms with Crippen LogP contribution in [0.25, 0.3) is 28.1 Å². The molecule has 0 saturated heterocycles. The molecule has 42 heavy (non-hydrogen) atoms. The van der Waals surface area contributed by atoms with Crippen LogP contribution in [0.1, 0.15) is 55.0 Å². The number of para-hydroxylation sites is 1. The van der Waals surface area contributed by atoms with E-state index in [0.29, 0.717) is 22.5 Å². The van der Waals surface area contributed by atoms with Crippen LogP contribution < -0.4 is 9.47 Å². The summed E-state index contributed by atoms with van der Waals surface area (Å²) in [6.07, 6.45) is 8.97. The van der Waals surface area contributed by atoms with E-state index in [0.717, 1.165) is 71.5 Å². The van der Waals surface area contributed by atoms with Crippen molar-refractivity contribution in [1.82, 2.24) is 39.6 Å². The summed E-state index contributed by atoms with van der Waals surface area (Å²) in [6, 6.07) is 11.7. The summed E-state index contributed by atoms with van der Waals surface area (Å²) >= 11 is 6.04. The van der Waals surface area contributed by atoms with E-state index in [9.17, 15) is 0 Å². The molecule has 1 aromatic carbocycles. The van der Waals surface area contributed by atoms with Crippen LogP contribution in [0.5, 0.6) is 11.5 Å². The average molecular weight is 581 g/mol. The first-order chi connectivity index (χ1) is 20.4. The van der Waals surface area contributed by atoms with Gasteiger partial charge in [-0.1, -0.05) is 29.8 Å². The molecule has 8 rings (SSSR count). The van der Waals surface area contributed by atoms with Crippen molar-refractivity contribution in [2.24, 2.45) is 7.05 Å². The molecular formula is C31H29ClN8O2. The topological polar surface area (TPSA) is 107 Å².